The van der Waals surface area contributed by atoms with E-state index < -0.39 is 5.91 Å². The first kappa shape index (κ1) is 19.1. The minimum Gasteiger partial charge on any atom is -0.484 e. The fourth-order valence-electron chi connectivity index (χ4n) is 3.28. The fourth-order valence-corrected chi connectivity index (χ4v) is 3.28. The first-order chi connectivity index (χ1) is 12.0. The molecule has 1 heterocycles. The smallest absolute Gasteiger partial charge is 0.321 e. The third-order valence-electron chi connectivity index (χ3n) is 4.65. The number of nitrogens with one attached hydrogen (secondary N) is 1. The van der Waals surface area contributed by atoms with E-state index in [1.165, 1.54) is 19.3 Å². The van der Waals surface area contributed by atoms with Crippen molar-refractivity contribution in [2.75, 3.05) is 25.0 Å². The highest BCUT2D eigenvalue weighted by atomic mass is 16.5. The molecule has 3 N–H and O–H groups in total. The topological polar surface area (TPSA) is 84.7 Å². The largest absolute Gasteiger partial charge is 0.484 e. The van der Waals surface area contributed by atoms with Gasteiger partial charge in [0.2, 0.25) is 0 Å². The highest BCUT2D eigenvalue weighted by Gasteiger charge is 2.20. The standard InChI is InChI=1S/C19H29N3O3/c1-3-5-15-6-4-10-22(11-9-15)19(24)21-17-8-7-16(12-14(17)2)25-13-18(20)23/h7-8,12,15H,3-6,9-11,13H2,1-2H3,(H2,20,23)(H,21,24)/t15-/m1/s1. The number of rotatable bonds is 6. The van der Waals surface area contributed by atoms with Crippen molar-refractivity contribution in [1.82, 2.24) is 4.90 Å². The molecule has 0 spiro atoms. The lowest BCUT2D eigenvalue weighted by Gasteiger charge is -2.22. The van der Waals surface area contributed by atoms with Crippen molar-refractivity contribution in [2.24, 2.45) is 11.7 Å². The van der Waals surface area contributed by atoms with Crippen molar-refractivity contribution in [3.05, 3.63) is 23.8 Å². The summed E-state index contributed by atoms with van der Waals surface area (Å²) < 4.78 is 5.28. The summed E-state index contributed by atoms with van der Waals surface area (Å²) in [5.74, 6) is 0.787. The molecule has 6 nitrogen and oxygen atoms in total. The molecule has 1 atom stereocenters. The van der Waals surface area contributed by atoms with Crippen LogP contribution in [-0.4, -0.2) is 36.5 Å². The van der Waals surface area contributed by atoms with E-state index in [1.807, 2.05) is 11.8 Å². The summed E-state index contributed by atoms with van der Waals surface area (Å²) in [7, 11) is 0. The SMILES string of the molecule is CCC[C@@H]1CCCN(C(=O)Nc2ccc(OCC(N)=O)cc2C)CC1. The van der Waals surface area contributed by atoms with E-state index in [9.17, 15) is 9.59 Å². The van der Waals surface area contributed by atoms with Gasteiger partial charge in [-0.3, -0.25) is 4.79 Å². The molecule has 0 radical (unpaired) electrons. The summed E-state index contributed by atoms with van der Waals surface area (Å²) in [6.07, 6.45) is 5.82. The first-order valence-electron chi connectivity index (χ1n) is 9.07. The monoisotopic (exact) mass is 347 g/mol. The molecule has 2 rings (SSSR count). The van der Waals surface area contributed by atoms with E-state index in [4.69, 9.17) is 10.5 Å². The maximum atomic E-state index is 12.6. The molecule has 1 aromatic rings. The summed E-state index contributed by atoms with van der Waals surface area (Å²) in [6, 6.07) is 5.26. The van der Waals surface area contributed by atoms with Crippen LogP contribution in [0.4, 0.5) is 10.5 Å². The average Bonchev–Trinajstić information content (AvgIpc) is 2.81. The van der Waals surface area contributed by atoms with Gasteiger partial charge in [0.15, 0.2) is 6.61 Å². The molecule has 138 valence electrons. The van der Waals surface area contributed by atoms with Gasteiger partial charge in [0.25, 0.3) is 5.91 Å². The molecule has 0 saturated carbocycles. The lowest BCUT2D eigenvalue weighted by molar-refractivity contribution is -0.119. The van der Waals surface area contributed by atoms with E-state index in [2.05, 4.69) is 12.2 Å². The highest BCUT2D eigenvalue weighted by Crippen LogP contribution is 2.24. The molecule has 0 aromatic heterocycles. The number of nitrogens with zero attached hydrogens (tertiary/aromatic N) is 1. The Kier molecular flexibility index (Phi) is 7.10. The Balaban J connectivity index is 1.92. The van der Waals surface area contributed by atoms with Gasteiger partial charge in [-0.15, -0.1) is 0 Å². The Morgan fingerprint density at radius 1 is 1.32 bits per heavy atom. The molecule has 0 aliphatic carbocycles. The number of nitrogens with two attached hydrogens (primary N) is 1. The van der Waals surface area contributed by atoms with Gasteiger partial charge in [-0.1, -0.05) is 19.8 Å². The number of ether oxygens (including phenoxy) is 1. The van der Waals surface area contributed by atoms with Crippen LogP contribution in [-0.2, 0) is 4.79 Å². The summed E-state index contributed by atoms with van der Waals surface area (Å²) in [6.45, 7) is 5.58. The molecule has 0 bridgehead atoms. The minimum atomic E-state index is -0.516. The van der Waals surface area contributed by atoms with Crippen LogP contribution in [0.15, 0.2) is 18.2 Å². The number of hydrogen-bond donors (Lipinski definition) is 2. The van der Waals surface area contributed by atoms with Gasteiger partial charge in [-0.25, -0.2) is 4.79 Å². The van der Waals surface area contributed by atoms with Crippen molar-refractivity contribution in [2.45, 2.75) is 46.0 Å². The lowest BCUT2D eigenvalue weighted by atomic mass is 9.96. The van der Waals surface area contributed by atoms with Crippen molar-refractivity contribution < 1.29 is 14.3 Å². The molecule has 1 fully saturated rings. The van der Waals surface area contributed by atoms with Crippen LogP contribution in [0.2, 0.25) is 0 Å². The van der Waals surface area contributed by atoms with E-state index in [1.54, 1.807) is 18.2 Å². The summed E-state index contributed by atoms with van der Waals surface area (Å²) >= 11 is 0. The summed E-state index contributed by atoms with van der Waals surface area (Å²) in [4.78, 5) is 25.2. The molecular weight excluding hydrogens is 318 g/mol. The Morgan fingerprint density at radius 2 is 2.12 bits per heavy atom. The number of anilines is 1. The zero-order valence-corrected chi connectivity index (χ0v) is 15.2. The first-order valence-corrected chi connectivity index (χ1v) is 9.07. The predicted molar refractivity (Wildman–Crippen MR) is 98.7 cm³/mol. The normalized spacial score (nSPS) is 17.7. The molecule has 1 aliphatic rings. The third kappa shape index (κ3) is 5.96. The number of urea groups is 1. The number of likely N-dealkylation sites (tertiary alicyclic amines) is 1. The quantitative estimate of drug-likeness (QED) is 0.828. The zero-order chi connectivity index (χ0) is 18.2. The van der Waals surface area contributed by atoms with Gasteiger partial charge < -0.3 is 20.7 Å². The van der Waals surface area contributed by atoms with Gasteiger partial charge in [0.05, 0.1) is 0 Å². The Hall–Kier alpha value is -2.24. The molecule has 3 amide bonds. The summed E-state index contributed by atoms with van der Waals surface area (Å²) in [5.41, 5.74) is 6.71. The highest BCUT2D eigenvalue weighted by molar-refractivity contribution is 5.90. The van der Waals surface area contributed by atoms with Crippen molar-refractivity contribution >= 4 is 17.6 Å². The molecule has 1 aliphatic heterocycles. The van der Waals surface area contributed by atoms with Gasteiger partial charge in [0.1, 0.15) is 5.75 Å². The second-order valence-electron chi connectivity index (χ2n) is 6.73. The molecule has 1 aromatic carbocycles. The number of carbonyl (C=O) groups is 2. The molecule has 25 heavy (non-hydrogen) atoms. The van der Waals surface area contributed by atoms with Crippen LogP contribution in [0.1, 0.15) is 44.6 Å². The summed E-state index contributed by atoms with van der Waals surface area (Å²) in [5, 5.41) is 2.99. The number of primary amides is 1. The van der Waals surface area contributed by atoms with Crippen LogP contribution in [0, 0.1) is 12.8 Å². The molecular formula is C19H29N3O3. The van der Waals surface area contributed by atoms with Crippen LogP contribution >= 0.6 is 0 Å². The predicted octanol–water partition coefficient (Wildman–Crippen LogP) is 3.29. The van der Waals surface area contributed by atoms with Gasteiger partial charge in [-0.2, -0.15) is 0 Å². The minimum absolute atomic E-state index is 0.0500. The van der Waals surface area contributed by atoms with Gasteiger partial charge in [-0.05, 0) is 55.9 Å². The zero-order valence-electron chi connectivity index (χ0n) is 15.2. The number of amides is 3. The fraction of sp³-hybridized carbons (Fsp3) is 0.579. The maximum absolute atomic E-state index is 12.6. The van der Waals surface area contributed by atoms with Crippen LogP contribution in [0.5, 0.6) is 5.75 Å². The Labute approximate surface area is 149 Å². The second-order valence-corrected chi connectivity index (χ2v) is 6.73. The van der Waals surface area contributed by atoms with Crippen molar-refractivity contribution in [1.29, 1.82) is 0 Å². The van der Waals surface area contributed by atoms with Crippen molar-refractivity contribution in [3.63, 3.8) is 0 Å². The van der Waals surface area contributed by atoms with Gasteiger partial charge >= 0.3 is 6.03 Å². The van der Waals surface area contributed by atoms with E-state index in [0.717, 1.165) is 43.1 Å². The Bertz CT molecular complexity index is 604. The van der Waals surface area contributed by atoms with Crippen LogP contribution < -0.4 is 15.8 Å². The average molecular weight is 347 g/mol. The molecule has 0 unspecified atom stereocenters. The number of benzene rings is 1. The van der Waals surface area contributed by atoms with E-state index >= 15 is 0 Å². The van der Waals surface area contributed by atoms with Crippen LogP contribution in [0.25, 0.3) is 0 Å². The third-order valence-corrected chi connectivity index (χ3v) is 4.65. The number of aryl methyl sites for hydroxylation is 1. The second kappa shape index (κ2) is 9.30. The van der Waals surface area contributed by atoms with E-state index in [0.29, 0.717) is 5.75 Å². The van der Waals surface area contributed by atoms with Gasteiger partial charge in [0, 0.05) is 18.8 Å². The number of carbonyl (C=O) groups excluding carboxylic acids is 2. The Morgan fingerprint density at radius 3 is 2.80 bits per heavy atom. The maximum Gasteiger partial charge on any atom is 0.321 e. The van der Waals surface area contributed by atoms with Crippen molar-refractivity contribution in [3.8, 4) is 5.75 Å². The lowest BCUT2D eigenvalue weighted by Crippen LogP contribution is -2.35. The number of hydrogen-bond acceptors (Lipinski definition) is 3. The molecule has 1 saturated heterocycles. The van der Waals surface area contributed by atoms with Crippen LogP contribution in [0.3, 0.4) is 0 Å². The molecule has 6 heteroatoms. The van der Waals surface area contributed by atoms with E-state index in [-0.39, 0.29) is 12.6 Å².